The molecule has 0 radical (unpaired) electrons. The van der Waals surface area contributed by atoms with Crippen LogP contribution in [0.15, 0.2) is 0 Å². The van der Waals surface area contributed by atoms with Crippen LogP contribution >= 0.6 is 0 Å². The summed E-state index contributed by atoms with van der Waals surface area (Å²) in [6.45, 7) is 6.52. The predicted molar refractivity (Wildman–Crippen MR) is 72.7 cm³/mol. The van der Waals surface area contributed by atoms with Crippen LogP contribution in [0.5, 0.6) is 0 Å². The van der Waals surface area contributed by atoms with Gasteiger partial charge in [0.15, 0.2) is 0 Å². The van der Waals surface area contributed by atoms with Crippen molar-refractivity contribution in [3.63, 3.8) is 0 Å². The maximum atomic E-state index is 14.6. The van der Waals surface area contributed by atoms with Gasteiger partial charge in [0, 0.05) is 0 Å². The van der Waals surface area contributed by atoms with Gasteiger partial charge in [-0.05, 0) is 0 Å². The average molecular weight is 325 g/mol. The van der Waals surface area contributed by atoms with Gasteiger partial charge in [0.1, 0.15) is 0 Å². The third kappa shape index (κ3) is 9.65. The summed E-state index contributed by atoms with van der Waals surface area (Å²) in [4.78, 5) is 0. The van der Waals surface area contributed by atoms with E-state index < -0.39 is 18.9 Å². The quantitative estimate of drug-likeness (QED) is 0.460. The summed E-state index contributed by atoms with van der Waals surface area (Å²) in [6.07, 6.45) is 6.92. The Kier molecular flexibility index (Phi) is 13.5. The number of hydrogen-bond acceptors (Lipinski definition) is 0. The van der Waals surface area contributed by atoms with Gasteiger partial charge in [-0.2, -0.15) is 0 Å². The second-order valence-corrected chi connectivity index (χ2v) is 15.3. The fourth-order valence-corrected chi connectivity index (χ4v) is 12.4. The molecule has 15 heavy (non-hydrogen) atoms. The molecular weight excluding hydrogens is 294 g/mol. The summed E-state index contributed by atoms with van der Waals surface area (Å²) in [5.41, 5.74) is 0. The molecule has 0 unspecified atom stereocenters. The van der Waals surface area contributed by atoms with E-state index in [0.29, 0.717) is 0 Å². The molecular formula is C13H31FSn. The number of halogens is 1. The van der Waals surface area contributed by atoms with Gasteiger partial charge in [0.25, 0.3) is 0 Å². The zero-order valence-corrected chi connectivity index (χ0v) is 13.1. The molecule has 0 bridgehead atoms. The van der Waals surface area contributed by atoms with Crippen LogP contribution in [0.3, 0.4) is 0 Å². The fraction of sp³-hybridized carbons (Fsp3) is 1.00. The molecule has 0 aliphatic carbocycles. The summed E-state index contributed by atoms with van der Waals surface area (Å²) in [7, 11) is 0. The number of rotatable bonds is 9. The molecule has 0 aliphatic heterocycles. The Morgan fingerprint density at radius 1 is 0.733 bits per heavy atom. The average Bonchev–Trinajstić information content (AvgIpc) is 2.21. The van der Waals surface area contributed by atoms with E-state index in [-0.39, 0.29) is 7.43 Å². The minimum absolute atomic E-state index is 0. The SMILES string of the molecule is C.CCC[CH2][Sn]([F])([CH2]CCC)[CH2]CCC. The van der Waals surface area contributed by atoms with Crippen molar-refractivity contribution in [2.24, 2.45) is 0 Å². The zero-order valence-electron chi connectivity index (χ0n) is 10.2. The van der Waals surface area contributed by atoms with Gasteiger partial charge in [-0.3, -0.25) is 0 Å². The Hall–Kier alpha value is 0.729. The van der Waals surface area contributed by atoms with Crippen molar-refractivity contribution < 1.29 is 2.87 Å². The zero-order chi connectivity index (χ0) is 10.9. The Balaban J connectivity index is 0. The Bertz CT molecular complexity index is 104. The van der Waals surface area contributed by atoms with E-state index >= 15 is 0 Å². The molecule has 0 fully saturated rings. The van der Waals surface area contributed by atoms with Crippen LogP contribution in [0.25, 0.3) is 0 Å². The first-order valence-electron chi connectivity index (χ1n) is 6.37. The summed E-state index contributed by atoms with van der Waals surface area (Å²) in [5.74, 6) is 0. The van der Waals surface area contributed by atoms with Crippen LogP contribution in [0.2, 0.25) is 13.3 Å². The molecule has 0 aromatic carbocycles. The maximum absolute atomic E-state index is 14.6. The van der Waals surface area contributed by atoms with Gasteiger partial charge in [-0.25, -0.2) is 0 Å². The molecule has 0 atom stereocenters. The first kappa shape index (κ1) is 18.1. The number of unbranched alkanes of at least 4 members (excludes halogenated alkanes) is 3. The molecule has 94 valence electrons. The normalized spacial score (nSPS) is 11.2. The summed E-state index contributed by atoms with van der Waals surface area (Å²) in [6, 6.07) is 0. The van der Waals surface area contributed by atoms with Gasteiger partial charge in [-0.15, -0.1) is 0 Å². The molecule has 0 amide bonds. The molecule has 0 nitrogen and oxygen atoms in total. The molecule has 0 aliphatic rings. The van der Waals surface area contributed by atoms with E-state index in [4.69, 9.17) is 0 Å². The third-order valence-corrected chi connectivity index (χ3v) is 13.6. The van der Waals surface area contributed by atoms with E-state index in [9.17, 15) is 2.87 Å². The van der Waals surface area contributed by atoms with Crippen molar-refractivity contribution in [1.29, 1.82) is 0 Å². The fourth-order valence-electron chi connectivity index (χ4n) is 1.86. The molecule has 0 saturated carbocycles. The topological polar surface area (TPSA) is 0 Å². The van der Waals surface area contributed by atoms with Crippen molar-refractivity contribution in [3.05, 3.63) is 0 Å². The van der Waals surface area contributed by atoms with Gasteiger partial charge < -0.3 is 0 Å². The van der Waals surface area contributed by atoms with Crippen LogP contribution in [0.4, 0.5) is 2.87 Å². The molecule has 2 heteroatoms. The molecule has 0 N–H and O–H groups in total. The van der Waals surface area contributed by atoms with E-state index in [2.05, 4.69) is 20.8 Å². The van der Waals surface area contributed by atoms with Gasteiger partial charge in [0.05, 0.1) is 0 Å². The Morgan fingerprint density at radius 3 is 1.20 bits per heavy atom. The molecule has 0 aromatic rings. The van der Waals surface area contributed by atoms with Crippen LogP contribution in [-0.2, 0) is 0 Å². The number of hydrogen-bond donors (Lipinski definition) is 0. The van der Waals surface area contributed by atoms with E-state index in [1.54, 1.807) is 0 Å². The third-order valence-electron chi connectivity index (χ3n) is 2.94. The first-order chi connectivity index (χ1) is 6.68. The molecule has 0 rings (SSSR count). The van der Waals surface area contributed by atoms with Gasteiger partial charge >= 0.3 is 94.4 Å². The second kappa shape index (κ2) is 11.2. The minimum atomic E-state index is -3.06. The predicted octanol–water partition coefficient (Wildman–Crippen LogP) is 5.94. The van der Waals surface area contributed by atoms with Crippen LogP contribution in [0.1, 0.15) is 66.7 Å². The van der Waals surface area contributed by atoms with Crippen molar-refractivity contribution in [3.8, 4) is 0 Å². The first-order valence-corrected chi connectivity index (χ1v) is 13.5. The van der Waals surface area contributed by atoms with Crippen LogP contribution < -0.4 is 0 Å². The summed E-state index contributed by atoms with van der Waals surface area (Å²) in [5, 5.41) is 0. The van der Waals surface area contributed by atoms with E-state index in [0.717, 1.165) is 32.6 Å². The van der Waals surface area contributed by atoms with Crippen molar-refractivity contribution >= 4 is 18.9 Å². The van der Waals surface area contributed by atoms with Crippen LogP contribution in [-0.4, -0.2) is 18.9 Å². The van der Waals surface area contributed by atoms with E-state index in [1.807, 2.05) is 0 Å². The van der Waals surface area contributed by atoms with E-state index in [1.165, 1.54) is 19.3 Å². The van der Waals surface area contributed by atoms with Crippen molar-refractivity contribution in [1.82, 2.24) is 0 Å². The summed E-state index contributed by atoms with van der Waals surface area (Å²) < 4.78 is 17.5. The summed E-state index contributed by atoms with van der Waals surface area (Å²) >= 11 is -3.06. The van der Waals surface area contributed by atoms with Crippen LogP contribution in [0, 0.1) is 0 Å². The second-order valence-electron chi connectivity index (χ2n) is 4.46. The monoisotopic (exact) mass is 326 g/mol. The molecule has 0 saturated heterocycles. The molecule has 0 aromatic heterocycles. The van der Waals surface area contributed by atoms with Crippen molar-refractivity contribution in [2.45, 2.75) is 80.0 Å². The Morgan fingerprint density at radius 2 is 1.00 bits per heavy atom. The van der Waals surface area contributed by atoms with Gasteiger partial charge in [-0.1, -0.05) is 7.43 Å². The molecule has 0 heterocycles. The van der Waals surface area contributed by atoms with Crippen molar-refractivity contribution in [2.75, 3.05) is 0 Å². The standard InChI is InChI=1S/3C4H9.CH4.FH.Sn/c3*1-3-4-2;;;/h3*1,3-4H2,2H3;1H4;1H;/q;;;;;+1/p-1. The molecule has 0 spiro atoms. The van der Waals surface area contributed by atoms with Gasteiger partial charge in [0.2, 0.25) is 0 Å². The Labute approximate surface area is 102 Å².